The molecule has 1 fully saturated rings. The van der Waals surface area contributed by atoms with Gasteiger partial charge in [0.1, 0.15) is 5.69 Å². The molecule has 4 rings (SSSR count). The highest BCUT2D eigenvalue weighted by Gasteiger charge is 2.21. The van der Waals surface area contributed by atoms with Gasteiger partial charge in [-0.25, -0.2) is 4.98 Å². The van der Waals surface area contributed by atoms with Crippen LogP contribution >= 0.6 is 23.2 Å². The van der Waals surface area contributed by atoms with Crippen LogP contribution in [-0.4, -0.2) is 28.3 Å². The second-order valence-corrected chi connectivity index (χ2v) is 7.19. The minimum absolute atomic E-state index is 0.520. The molecule has 2 heterocycles. The Balaban J connectivity index is 1.83. The van der Waals surface area contributed by atoms with Crippen LogP contribution in [0, 0.1) is 0 Å². The standard InChI is InChI=1S/C20H18Cl2N4/c21-15-9-10-16(17(22)13-15)19-23-20(26-11-5-2-6-12-26)18(24-25-19)14-7-3-1-4-8-14/h1,3-4,7-10,13H,2,5-6,11-12H2. The largest absolute Gasteiger partial charge is 0.355 e. The van der Waals surface area contributed by atoms with E-state index >= 15 is 0 Å². The number of hydrogen-bond acceptors (Lipinski definition) is 4. The number of benzene rings is 2. The molecule has 0 unspecified atom stereocenters. The first-order valence-corrected chi connectivity index (χ1v) is 9.48. The predicted molar refractivity (Wildman–Crippen MR) is 107 cm³/mol. The van der Waals surface area contributed by atoms with Gasteiger partial charge in [-0.05, 0) is 37.5 Å². The van der Waals surface area contributed by atoms with Crippen LogP contribution in [0.3, 0.4) is 0 Å². The van der Waals surface area contributed by atoms with Crippen LogP contribution in [0.15, 0.2) is 48.5 Å². The van der Waals surface area contributed by atoms with Crippen LogP contribution in [0.25, 0.3) is 22.6 Å². The molecule has 4 nitrogen and oxygen atoms in total. The normalized spacial score (nSPS) is 14.5. The zero-order valence-corrected chi connectivity index (χ0v) is 15.7. The summed E-state index contributed by atoms with van der Waals surface area (Å²) in [5.41, 5.74) is 2.56. The minimum Gasteiger partial charge on any atom is -0.355 e. The molecule has 0 amide bonds. The highest BCUT2D eigenvalue weighted by atomic mass is 35.5. The molecule has 1 aromatic heterocycles. The Morgan fingerprint density at radius 2 is 1.62 bits per heavy atom. The van der Waals surface area contributed by atoms with Gasteiger partial charge in [-0.3, -0.25) is 0 Å². The van der Waals surface area contributed by atoms with Gasteiger partial charge in [0.25, 0.3) is 0 Å². The predicted octanol–water partition coefficient (Wildman–Crippen LogP) is 5.50. The number of nitrogens with zero attached hydrogens (tertiary/aromatic N) is 4. The maximum Gasteiger partial charge on any atom is 0.185 e. The summed E-state index contributed by atoms with van der Waals surface area (Å²) >= 11 is 12.4. The molecule has 1 saturated heterocycles. The Bertz CT molecular complexity index is 909. The van der Waals surface area contributed by atoms with Crippen molar-refractivity contribution in [3.05, 3.63) is 58.6 Å². The van der Waals surface area contributed by atoms with Crippen molar-refractivity contribution in [2.24, 2.45) is 0 Å². The smallest absolute Gasteiger partial charge is 0.185 e. The molecule has 1 aliphatic rings. The van der Waals surface area contributed by atoms with Crippen LogP contribution < -0.4 is 4.90 Å². The van der Waals surface area contributed by atoms with Crippen LogP contribution in [-0.2, 0) is 0 Å². The van der Waals surface area contributed by atoms with Crippen molar-refractivity contribution in [2.45, 2.75) is 19.3 Å². The molecule has 0 N–H and O–H groups in total. The van der Waals surface area contributed by atoms with Gasteiger partial charge in [0, 0.05) is 29.2 Å². The molecule has 3 aromatic rings. The summed E-state index contributed by atoms with van der Waals surface area (Å²) in [6.07, 6.45) is 3.58. The summed E-state index contributed by atoms with van der Waals surface area (Å²) in [4.78, 5) is 7.16. The fourth-order valence-corrected chi connectivity index (χ4v) is 3.70. The molecule has 2 aromatic carbocycles. The molecule has 6 heteroatoms. The molecular formula is C20H18Cl2N4. The number of piperidine rings is 1. The van der Waals surface area contributed by atoms with E-state index in [-0.39, 0.29) is 0 Å². The van der Waals surface area contributed by atoms with E-state index in [1.165, 1.54) is 6.42 Å². The zero-order chi connectivity index (χ0) is 17.9. The van der Waals surface area contributed by atoms with Crippen LogP contribution in [0.4, 0.5) is 5.82 Å². The van der Waals surface area contributed by atoms with Crippen molar-refractivity contribution in [1.29, 1.82) is 0 Å². The molecule has 0 spiro atoms. The quantitative estimate of drug-likeness (QED) is 0.597. The van der Waals surface area contributed by atoms with Crippen LogP contribution in [0.2, 0.25) is 10.0 Å². The fraction of sp³-hybridized carbons (Fsp3) is 0.250. The minimum atomic E-state index is 0.520. The van der Waals surface area contributed by atoms with E-state index in [9.17, 15) is 0 Å². The number of halogens is 2. The fourth-order valence-electron chi connectivity index (χ4n) is 3.21. The van der Waals surface area contributed by atoms with E-state index in [1.807, 2.05) is 36.4 Å². The van der Waals surface area contributed by atoms with E-state index in [2.05, 4.69) is 15.1 Å². The highest BCUT2D eigenvalue weighted by molar-refractivity contribution is 6.36. The number of hydrogen-bond donors (Lipinski definition) is 0. The van der Waals surface area contributed by atoms with Gasteiger partial charge in [0.2, 0.25) is 0 Å². The van der Waals surface area contributed by atoms with E-state index in [0.29, 0.717) is 15.9 Å². The van der Waals surface area contributed by atoms with Gasteiger partial charge in [-0.2, -0.15) is 0 Å². The maximum absolute atomic E-state index is 6.35. The lowest BCUT2D eigenvalue weighted by atomic mass is 10.1. The second-order valence-electron chi connectivity index (χ2n) is 6.35. The second kappa shape index (κ2) is 7.60. The van der Waals surface area contributed by atoms with Gasteiger partial charge in [-0.15, -0.1) is 10.2 Å². The van der Waals surface area contributed by atoms with Gasteiger partial charge in [-0.1, -0.05) is 53.5 Å². The Hall–Kier alpha value is -2.17. The van der Waals surface area contributed by atoms with Crippen LogP contribution in [0.1, 0.15) is 19.3 Å². The molecule has 0 atom stereocenters. The lowest BCUT2D eigenvalue weighted by molar-refractivity contribution is 0.572. The Morgan fingerprint density at radius 1 is 0.846 bits per heavy atom. The molecule has 0 aliphatic carbocycles. The monoisotopic (exact) mass is 384 g/mol. The lowest BCUT2D eigenvalue weighted by Gasteiger charge is -2.29. The third-order valence-electron chi connectivity index (χ3n) is 4.54. The molecule has 26 heavy (non-hydrogen) atoms. The molecule has 132 valence electrons. The number of rotatable bonds is 3. The van der Waals surface area contributed by atoms with Crippen molar-refractivity contribution < 1.29 is 0 Å². The number of aromatic nitrogens is 3. The summed E-state index contributed by atoms with van der Waals surface area (Å²) in [6, 6.07) is 15.4. The van der Waals surface area contributed by atoms with Crippen molar-refractivity contribution >= 4 is 29.0 Å². The van der Waals surface area contributed by atoms with Crippen molar-refractivity contribution in [1.82, 2.24) is 15.2 Å². The van der Waals surface area contributed by atoms with Gasteiger partial charge in [0.15, 0.2) is 11.6 Å². The molecule has 0 radical (unpaired) electrons. The first-order chi connectivity index (χ1) is 12.7. The lowest BCUT2D eigenvalue weighted by Crippen LogP contribution is -2.31. The molecule has 0 bridgehead atoms. The average molecular weight is 385 g/mol. The zero-order valence-electron chi connectivity index (χ0n) is 14.2. The summed E-state index contributed by atoms with van der Waals surface area (Å²) in [7, 11) is 0. The van der Waals surface area contributed by atoms with Gasteiger partial charge < -0.3 is 4.90 Å². The van der Waals surface area contributed by atoms with E-state index in [0.717, 1.165) is 48.6 Å². The summed E-state index contributed by atoms with van der Waals surface area (Å²) in [6.45, 7) is 1.96. The SMILES string of the molecule is Clc1ccc(-c2nnc(-c3ccccc3)c(N3CCCCC3)n2)c(Cl)c1. The van der Waals surface area contributed by atoms with E-state index in [4.69, 9.17) is 28.2 Å². The van der Waals surface area contributed by atoms with Gasteiger partial charge >= 0.3 is 0 Å². The number of anilines is 1. The molecule has 1 aliphatic heterocycles. The third-order valence-corrected chi connectivity index (χ3v) is 5.09. The summed E-state index contributed by atoms with van der Waals surface area (Å²) in [5, 5.41) is 9.99. The first kappa shape index (κ1) is 17.3. The maximum atomic E-state index is 6.35. The van der Waals surface area contributed by atoms with Crippen LogP contribution in [0.5, 0.6) is 0 Å². The van der Waals surface area contributed by atoms with E-state index in [1.54, 1.807) is 12.1 Å². The molecular weight excluding hydrogens is 367 g/mol. The topological polar surface area (TPSA) is 41.9 Å². The molecule has 0 saturated carbocycles. The Labute approximate surface area is 162 Å². The van der Waals surface area contributed by atoms with Gasteiger partial charge in [0.05, 0.1) is 5.02 Å². The Morgan fingerprint density at radius 3 is 2.35 bits per heavy atom. The van der Waals surface area contributed by atoms with E-state index < -0.39 is 0 Å². The Kier molecular flexibility index (Phi) is 5.05. The summed E-state index contributed by atoms with van der Waals surface area (Å²) < 4.78 is 0. The third kappa shape index (κ3) is 3.53. The highest BCUT2D eigenvalue weighted by Crippen LogP contribution is 2.33. The first-order valence-electron chi connectivity index (χ1n) is 8.73. The average Bonchev–Trinajstić information content (AvgIpc) is 2.69. The van der Waals surface area contributed by atoms with Crippen molar-refractivity contribution in [3.63, 3.8) is 0 Å². The van der Waals surface area contributed by atoms with Crippen molar-refractivity contribution in [2.75, 3.05) is 18.0 Å². The van der Waals surface area contributed by atoms with Crippen molar-refractivity contribution in [3.8, 4) is 22.6 Å². The summed E-state index contributed by atoms with van der Waals surface area (Å²) in [5.74, 6) is 1.39.